The quantitative estimate of drug-likeness (QED) is 0.578. The van der Waals surface area contributed by atoms with E-state index in [2.05, 4.69) is 5.32 Å². The SMILES string of the molecule is COC(=O)[C@@H]1C(=O)C2=C(C[C@H]1C)NC(C)=C(C(=O)OC(C)C)[C@@H]2c1ccc(O)cc1. The van der Waals surface area contributed by atoms with Gasteiger partial charge in [-0.05, 0) is 50.8 Å². The highest BCUT2D eigenvalue weighted by Crippen LogP contribution is 2.45. The van der Waals surface area contributed by atoms with Crippen LogP contribution in [-0.4, -0.2) is 36.0 Å². The molecule has 7 nitrogen and oxygen atoms in total. The number of phenols is 1. The van der Waals surface area contributed by atoms with Crippen LogP contribution in [0.1, 0.15) is 45.6 Å². The predicted molar refractivity (Wildman–Crippen MR) is 109 cm³/mol. The van der Waals surface area contributed by atoms with Gasteiger partial charge in [-0.1, -0.05) is 19.1 Å². The van der Waals surface area contributed by atoms with Crippen molar-refractivity contribution >= 4 is 17.7 Å². The van der Waals surface area contributed by atoms with Gasteiger partial charge in [0.1, 0.15) is 11.7 Å². The number of ketones is 1. The summed E-state index contributed by atoms with van der Waals surface area (Å²) in [6, 6.07) is 6.35. The van der Waals surface area contributed by atoms with Gasteiger partial charge in [-0.2, -0.15) is 0 Å². The summed E-state index contributed by atoms with van der Waals surface area (Å²) in [5.41, 5.74) is 2.65. The fourth-order valence-electron chi connectivity index (χ4n) is 4.23. The first kappa shape index (κ1) is 21.6. The number of aromatic hydroxyl groups is 1. The van der Waals surface area contributed by atoms with E-state index >= 15 is 0 Å². The van der Waals surface area contributed by atoms with Gasteiger partial charge in [-0.3, -0.25) is 9.59 Å². The van der Waals surface area contributed by atoms with Gasteiger partial charge in [0.25, 0.3) is 0 Å². The summed E-state index contributed by atoms with van der Waals surface area (Å²) in [7, 11) is 1.26. The first-order valence-corrected chi connectivity index (χ1v) is 9.98. The zero-order valence-corrected chi connectivity index (χ0v) is 17.8. The molecule has 0 fully saturated rings. The third-order valence-corrected chi connectivity index (χ3v) is 5.53. The number of hydrogen-bond acceptors (Lipinski definition) is 7. The summed E-state index contributed by atoms with van der Waals surface area (Å²) in [6.07, 6.45) is 0.137. The highest BCUT2D eigenvalue weighted by Gasteiger charge is 2.47. The number of esters is 2. The average molecular weight is 413 g/mol. The number of hydrogen-bond donors (Lipinski definition) is 2. The van der Waals surface area contributed by atoms with Gasteiger partial charge in [0.2, 0.25) is 0 Å². The molecule has 30 heavy (non-hydrogen) atoms. The number of dihydropyridines is 1. The van der Waals surface area contributed by atoms with Crippen LogP contribution >= 0.6 is 0 Å². The number of Topliss-reactive ketones (excluding diaryl/α,β-unsaturated/α-hetero) is 1. The first-order chi connectivity index (χ1) is 14.1. The molecule has 1 heterocycles. The Labute approximate surface area is 175 Å². The molecule has 0 saturated carbocycles. The van der Waals surface area contributed by atoms with Crippen molar-refractivity contribution in [2.75, 3.05) is 7.11 Å². The number of carbonyl (C=O) groups is 3. The molecule has 3 rings (SSSR count). The van der Waals surface area contributed by atoms with Crippen LogP contribution in [0.5, 0.6) is 5.75 Å². The van der Waals surface area contributed by atoms with E-state index in [1.54, 1.807) is 32.9 Å². The number of carbonyl (C=O) groups excluding carboxylic acids is 3. The number of phenolic OH excluding ortho intramolecular Hbond substituents is 1. The number of allylic oxidation sites excluding steroid dienone is 3. The monoisotopic (exact) mass is 413 g/mol. The molecule has 0 amide bonds. The smallest absolute Gasteiger partial charge is 0.337 e. The molecule has 1 aliphatic heterocycles. The average Bonchev–Trinajstić information content (AvgIpc) is 2.66. The fourth-order valence-corrected chi connectivity index (χ4v) is 4.23. The second-order valence-corrected chi connectivity index (χ2v) is 8.08. The molecule has 0 bridgehead atoms. The summed E-state index contributed by atoms with van der Waals surface area (Å²) in [6.45, 7) is 7.12. The Hall–Kier alpha value is -3.09. The maximum atomic E-state index is 13.5. The molecule has 1 aromatic carbocycles. The molecule has 3 atom stereocenters. The van der Waals surface area contributed by atoms with Crippen molar-refractivity contribution in [3.63, 3.8) is 0 Å². The van der Waals surface area contributed by atoms with Crippen LogP contribution in [0.3, 0.4) is 0 Å². The van der Waals surface area contributed by atoms with E-state index in [0.29, 0.717) is 34.5 Å². The number of rotatable bonds is 4. The number of ether oxygens (including phenoxy) is 2. The minimum Gasteiger partial charge on any atom is -0.508 e. The lowest BCUT2D eigenvalue weighted by molar-refractivity contribution is -0.151. The molecular weight excluding hydrogens is 386 g/mol. The van der Waals surface area contributed by atoms with Crippen LogP contribution in [-0.2, 0) is 23.9 Å². The van der Waals surface area contributed by atoms with E-state index in [0.717, 1.165) is 0 Å². The molecule has 1 aliphatic carbocycles. The Bertz CT molecular complexity index is 941. The van der Waals surface area contributed by atoms with Crippen LogP contribution in [0.25, 0.3) is 0 Å². The van der Waals surface area contributed by atoms with Crippen molar-refractivity contribution in [2.45, 2.75) is 46.1 Å². The summed E-state index contributed by atoms with van der Waals surface area (Å²) in [4.78, 5) is 38.8. The summed E-state index contributed by atoms with van der Waals surface area (Å²) >= 11 is 0. The van der Waals surface area contributed by atoms with Crippen molar-refractivity contribution in [3.8, 4) is 5.75 Å². The maximum absolute atomic E-state index is 13.5. The second-order valence-electron chi connectivity index (χ2n) is 8.08. The largest absolute Gasteiger partial charge is 0.508 e. The molecular formula is C23H27NO6. The molecule has 1 aromatic rings. The minimum atomic E-state index is -0.934. The van der Waals surface area contributed by atoms with Gasteiger partial charge in [0.05, 0.1) is 18.8 Å². The number of benzene rings is 1. The van der Waals surface area contributed by atoms with Crippen LogP contribution in [0.4, 0.5) is 0 Å². The van der Waals surface area contributed by atoms with Gasteiger partial charge < -0.3 is 19.9 Å². The molecule has 0 radical (unpaired) electrons. The number of nitrogens with one attached hydrogen (secondary N) is 1. The lowest BCUT2D eigenvalue weighted by Gasteiger charge is -2.38. The van der Waals surface area contributed by atoms with E-state index in [1.807, 2.05) is 6.92 Å². The molecule has 0 aromatic heterocycles. The Morgan fingerprint density at radius 1 is 1.20 bits per heavy atom. The Balaban J connectivity index is 2.17. The van der Waals surface area contributed by atoms with E-state index in [9.17, 15) is 19.5 Å². The minimum absolute atomic E-state index is 0.0740. The zero-order valence-electron chi connectivity index (χ0n) is 17.8. The van der Waals surface area contributed by atoms with E-state index in [-0.39, 0.29) is 23.6 Å². The Morgan fingerprint density at radius 2 is 1.83 bits per heavy atom. The van der Waals surface area contributed by atoms with Crippen molar-refractivity contribution < 1.29 is 29.0 Å². The first-order valence-electron chi connectivity index (χ1n) is 9.98. The maximum Gasteiger partial charge on any atom is 0.337 e. The van der Waals surface area contributed by atoms with Crippen molar-refractivity contribution in [1.82, 2.24) is 5.32 Å². The van der Waals surface area contributed by atoms with Crippen molar-refractivity contribution in [2.24, 2.45) is 11.8 Å². The van der Waals surface area contributed by atoms with Crippen LogP contribution < -0.4 is 5.32 Å². The second kappa shape index (κ2) is 8.34. The summed E-state index contributed by atoms with van der Waals surface area (Å²) < 4.78 is 10.3. The molecule has 0 saturated heterocycles. The third kappa shape index (κ3) is 3.84. The lowest BCUT2D eigenvalue weighted by Crippen LogP contribution is -2.43. The third-order valence-electron chi connectivity index (χ3n) is 5.53. The van der Waals surface area contributed by atoms with E-state index in [1.165, 1.54) is 19.2 Å². The standard InChI is InChI=1S/C23H27NO6/c1-11(2)30-23(28)18-13(4)24-16-10-12(3)17(22(27)29-5)21(26)20(16)19(18)14-6-8-15(25)9-7-14/h6-9,11-12,17,19,24-25H,10H2,1-5H3/t12-,17+,19+/m1/s1. The molecule has 0 unspecified atom stereocenters. The van der Waals surface area contributed by atoms with Crippen LogP contribution in [0.15, 0.2) is 46.8 Å². The van der Waals surface area contributed by atoms with Gasteiger partial charge in [-0.25, -0.2) is 4.79 Å². The normalized spacial score (nSPS) is 23.8. The molecule has 0 spiro atoms. The van der Waals surface area contributed by atoms with E-state index < -0.39 is 23.8 Å². The van der Waals surface area contributed by atoms with Gasteiger partial charge in [0, 0.05) is 22.9 Å². The lowest BCUT2D eigenvalue weighted by atomic mass is 9.69. The van der Waals surface area contributed by atoms with Crippen LogP contribution in [0, 0.1) is 11.8 Å². The Kier molecular flexibility index (Phi) is 6.01. The Morgan fingerprint density at radius 3 is 2.40 bits per heavy atom. The zero-order chi connectivity index (χ0) is 22.2. The number of methoxy groups -OCH3 is 1. The predicted octanol–water partition coefficient (Wildman–Crippen LogP) is 2.96. The highest BCUT2D eigenvalue weighted by molar-refractivity contribution is 6.12. The molecule has 2 N–H and O–H groups in total. The molecule has 160 valence electrons. The topological polar surface area (TPSA) is 102 Å². The summed E-state index contributed by atoms with van der Waals surface area (Å²) in [5, 5.41) is 12.9. The van der Waals surface area contributed by atoms with Crippen molar-refractivity contribution in [3.05, 3.63) is 52.4 Å². The van der Waals surface area contributed by atoms with Gasteiger partial charge in [-0.15, -0.1) is 0 Å². The molecule has 7 heteroatoms. The fraction of sp³-hybridized carbons (Fsp3) is 0.435. The van der Waals surface area contributed by atoms with Gasteiger partial charge in [0.15, 0.2) is 5.78 Å². The van der Waals surface area contributed by atoms with Crippen LogP contribution in [0.2, 0.25) is 0 Å². The van der Waals surface area contributed by atoms with Gasteiger partial charge >= 0.3 is 11.9 Å². The van der Waals surface area contributed by atoms with E-state index in [4.69, 9.17) is 9.47 Å². The highest BCUT2D eigenvalue weighted by atomic mass is 16.5. The summed E-state index contributed by atoms with van der Waals surface area (Å²) in [5.74, 6) is -3.28. The molecule has 2 aliphatic rings. The van der Waals surface area contributed by atoms with Crippen molar-refractivity contribution in [1.29, 1.82) is 0 Å².